The number of hydrogen-bond acceptors (Lipinski definition) is 6. The fraction of sp³-hybridized carbons (Fsp3) is 0.444. The van der Waals surface area contributed by atoms with E-state index in [2.05, 4.69) is 33.4 Å². The maximum atomic E-state index is 12.6. The van der Waals surface area contributed by atoms with Gasteiger partial charge in [0.2, 0.25) is 0 Å². The van der Waals surface area contributed by atoms with Gasteiger partial charge in [-0.3, -0.25) is 9.20 Å². The van der Waals surface area contributed by atoms with Gasteiger partial charge in [-0.15, -0.1) is 0 Å². The molecule has 1 aliphatic carbocycles. The summed E-state index contributed by atoms with van der Waals surface area (Å²) in [6.07, 6.45) is 10.1. The number of rotatable bonds is 7. The molecule has 3 aliphatic rings. The molecule has 0 bridgehead atoms. The lowest BCUT2D eigenvalue weighted by molar-refractivity contribution is 0.0950. The molecule has 1 atom stereocenters. The predicted molar refractivity (Wildman–Crippen MR) is 134 cm³/mol. The molecule has 2 aromatic heterocycles. The van der Waals surface area contributed by atoms with E-state index >= 15 is 0 Å². The van der Waals surface area contributed by atoms with Gasteiger partial charge in [-0.2, -0.15) is 0 Å². The molecule has 2 fully saturated rings. The molecule has 0 spiro atoms. The molecule has 3 aromatic rings. The summed E-state index contributed by atoms with van der Waals surface area (Å²) in [5.41, 5.74) is 6.59. The number of ether oxygens (including phenoxy) is 2. The number of carbonyl (C=O) groups is 1. The molecular weight excluding hydrogens is 442 g/mol. The van der Waals surface area contributed by atoms with Crippen LogP contribution in [0.4, 0.5) is 5.82 Å². The minimum Gasteiger partial charge on any atom is -0.381 e. The summed E-state index contributed by atoms with van der Waals surface area (Å²) in [5.74, 6) is 1.27. The van der Waals surface area contributed by atoms with E-state index in [9.17, 15) is 4.79 Å². The number of carbonyl (C=O) groups excluding carboxylic acids is 1. The second-order valence-electron chi connectivity index (χ2n) is 9.75. The van der Waals surface area contributed by atoms with Crippen molar-refractivity contribution in [3.63, 3.8) is 0 Å². The van der Waals surface area contributed by atoms with Crippen LogP contribution in [0.2, 0.25) is 0 Å². The van der Waals surface area contributed by atoms with Gasteiger partial charge in [-0.25, -0.2) is 9.97 Å². The standard InChI is InChI=1S/C27H31N5O3/c1-17-12-20(2-5-22(17)27(33)30-21-3-4-21)24-14-29-26-25(28-13-18-6-9-35-16-18)31-23(15-32(24)26)19-7-10-34-11-8-19/h2,5,7,12,14-15,18,21H,3-4,6,8-11,13,16H2,1H3,(H,28,31)(H,30,33). The van der Waals surface area contributed by atoms with Gasteiger partial charge in [-0.1, -0.05) is 12.1 Å². The van der Waals surface area contributed by atoms with Crippen LogP contribution < -0.4 is 10.6 Å². The Hall–Kier alpha value is -3.23. The topological polar surface area (TPSA) is 89.8 Å². The van der Waals surface area contributed by atoms with Crippen LogP contribution in [0.25, 0.3) is 22.5 Å². The van der Waals surface area contributed by atoms with Gasteiger partial charge in [-0.05, 0) is 55.9 Å². The summed E-state index contributed by atoms with van der Waals surface area (Å²) in [7, 11) is 0. The Morgan fingerprint density at radius 3 is 2.86 bits per heavy atom. The van der Waals surface area contributed by atoms with Crippen LogP contribution in [0.3, 0.4) is 0 Å². The zero-order chi connectivity index (χ0) is 23.8. The smallest absolute Gasteiger partial charge is 0.251 e. The molecule has 35 heavy (non-hydrogen) atoms. The molecule has 1 saturated carbocycles. The molecule has 1 amide bonds. The van der Waals surface area contributed by atoms with E-state index in [4.69, 9.17) is 19.4 Å². The average molecular weight is 474 g/mol. The van der Waals surface area contributed by atoms with Crippen molar-refractivity contribution in [3.05, 3.63) is 53.5 Å². The van der Waals surface area contributed by atoms with Crippen LogP contribution in [0.15, 0.2) is 36.7 Å². The first-order valence-corrected chi connectivity index (χ1v) is 12.5. The highest BCUT2D eigenvalue weighted by Crippen LogP contribution is 2.30. The third-order valence-corrected chi connectivity index (χ3v) is 7.05. The zero-order valence-electron chi connectivity index (χ0n) is 20.0. The monoisotopic (exact) mass is 473 g/mol. The summed E-state index contributed by atoms with van der Waals surface area (Å²) >= 11 is 0. The summed E-state index contributed by atoms with van der Waals surface area (Å²) < 4.78 is 13.2. The fourth-order valence-corrected chi connectivity index (χ4v) is 4.79. The number of benzene rings is 1. The van der Waals surface area contributed by atoms with Gasteiger partial charge < -0.3 is 20.1 Å². The number of imidazole rings is 1. The number of anilines is 1. The average Bonchev–Trinajstić information content (AvgIpc) is 3.35. The number of fused-ring (bicyclic) bond motifs is 1. The van der Waals surface area contributed by atoms with Crippen molar-refractivity contribution in [1.29, 1.82) is 0 Å². The summed E-state index contributed by atoms with van der Waals surface area (Å²) in [6, 6.07) is 6.34. The fourth-order valence-electron chi connectivity index (χ4n) is 4.79. The molecule has 1 saturated heterocycles. The van der Waals surface area contributed by atoms with E-state index in [1.165, 1.54) is 5.57 Å². The van der Waals surface area contributed by atoms with Gasteiger partial charge in [0.25, 0.3) is 5.91 Å². The summed E-state index contributed by atoms with van der Waals surface area (Å²) in [5, 5.41) is 6.63. The highest BCUT2D eigenvalue weighted by atomic mass is 16.5. The van der Waals surface area contributed by atoms with Crippen molar-refractivity contribution in [2.75, 3.05) is 38.3 Å². The van der Waals surface area contributed by atoms with Crippen molar-refractivity contribution in [1.82, 2.24) is 19.7 Å². The van der Waals surface area contributed by atoms with Crippen molar-refractivity contribution in [3.8, 4) is 11.3 Å². The van der Waals surface area contributed by atoms with Crippen LogP contribution in [-0.4, -0.2) is 59.3 Å². The molecular formula is C27H31N5O3. The normalized spacial score (nSPS) is 20.1. The lowest BCUT2D eigenvalue weighted by Gasteiger charge is -2.17. The summed E-state index contributed by atoms with van der Waals surface area (Å²) in [6.45, 7) is 5.71. The van der Waals surface area contributed by atoms with Gasteiger partial charge >= 0.3 is 0 Å². The number of amides is 1. The minimum atomic E-state index is 0.00927. The first-order chi connectivity index (χ1) is 17.2. The second kappa shape index (κ2) is 9.43. The first-order valence-electron chi connectivity index (χ1n) is 12.5. The first kappa shape index (κ1) is 22.2. The summed E-state index contributed by atoms with van der Waals surface area (Å²) in [4.78, 5) is 22.3. The molecule has 1 aromatic carbocycles. The van der Waals surface area contributed by atoms with Gasteiger partial charge in [0.15, 0.2) is 11.5 Å². The highest BCUT2D eigenvalue weighted by molar-refractivity contribution is 5.96. The molecule has 1 unspecified atom stereocenters. The lowest BCUT2D eigenvalue weighted by atomic mass is 10.0. The number of hydrogen-bond donors (Lipinski definition) is 2. The number of nitrogens with one attached hydrogen (secondary N) is 2. The zero-order valence-corrected chi connectivity index (χ0v) is 20.0. The number of aryl methyl sites for hydroxylation is 1. The number of aromatic nitrogens is 3. The lowest BCUT2D eigenvalue weighted by Crippen LogP contribution is -2.26. The largest absolute Gasteiger partial charge is 0.381 e. The Bertz CT molecular complexity index is 1290. The molecule has 8 heteroatoms. The van der Waals surface area contributed by atoms with E-state index in [1.807, 2.05) is 25.3 Å². The molecule has 8 nitrogen and oxygen atoms in total. The molecule has 2 aliphatic heterocycles. The van der Waals surface area contributed by atoms with Crippen LogP contribution in [0.1, 0.15) is 47.3 Å². The SMILES string of the molecule is Cc1cc(-c2cnc3c(NCC4CCOC4)nc(C4=CCOCC4)cn23)ccc1C(=O)NC1CC1. The highest BCUT2D eigenvalue weighted by Gasteiger charge is 2.25. The van der Waals surface area contributed by atoms with E-state index in [0.29, 0.717) is 25.2 Å². The molecule has 4 heterocycles. The quantitative estimate of drug-likeness (QED) is 0.542. The van der Waals surface area contributed by atoms with E-state index in [-0.39, 0.29) is 5.91 Å². The van der Waals surface area contributed by atoms with Crippen molar-refractivity contribution < 1.29 is 14.3 Å². The van der Waals surface area contributed by atoms with E-state index in [0.717, 1.165) is 85.0 Å². The van der Waals surface area contributed by atoms with Crippen LogP contribution in [0, 0.1) is 12.8 Å². The maximum absolute atomic E-state index is 12.6. The van der Waals surface area contributed by atoms with Crippen molar-refractivity contribution in [2.45, 2.75) is 38.6 Å². The Balaban J connectivity index is 1.37. The second-order valence-corrected chi connectivity index (χ2v) is 9.75. The molecule has 6 rings (SSSR count). The van der Waals surface area contributed by atoms with E-state index < -0.39 is 0 Å². The third kappa shape index (κ3) is 4.68. The van der Waals surface area contributed by atoms with E-state index in [1.54, 1.807) is 0 Å². The number of nitrogens with zero attached hydrogens (tertiary/aromatic N) is 3. The molecule has 0 radical (unpaired) electrons. The van der Waals surface area contributed by atoms with Crippen molar-refractivity contribution >= 4 is 22.9 Å². The van der Waals surface area contributed by atoms with Crippen LogP contribution >= 0.6 is 0 Å². The Labute approximate surface area is 204 Å². The van der Waals surface area contributed by atoms with Gasteiger partial charge in [0, 0.05) is 42.4 Å². The molecule has 2 N–H and O–H groups in total. The maximum Gasteiger partial charge on any atom is 0.251 e. The Kier molecular flexibility index (Phi) is 6.00. The van der Waals surface area contributed by atoms with Gasteiger partial charge in [0.1, 0.15) is 0 Å². The molecule has 182 valence electrons. The third-order valence-electron chi connectivity index (χ3n) is 7.05. The predicted octanol–water partition coefficient (Wildman–Crippen LogP) is 3.85. The van der Waals surface area contributed by atoms with Crippen LogP contribution in [-0.2, 0) is 9.47 Å². The van der Waals surface area contributed by atoms with Crippen molar-refractivity contribution in [2.24, 2.45) is 5.92 Å². The minimum absolute atomic E-state index is 0.00927. The Morgan fingerprint density at radius 2 is 2.11 bits per heavy atom. The van der Waals surface area contributed by atoms with Gasteiger partial charge in [0.05, 0.1) is 37.4 Å². The van der Waals surface area contributed by atoms with Crippen LogP contribution in [0.5, 0.6) is 0 Å². The Morgan fingerprint density at radius 1 is 1.20 bits per heavy atom.